The van der Waals surface area contributed by atoms with E-state index in [0.717, 1.165) is 6.42 Å². The van der Waals surface area contributed by atoms with Crippen LogP contribution in [0.3, 0.4) is 0 Å². The number of ether oxygens (including phenoxy) is 2. The maximum Gasteiger partial charge on any atom is 0.379 e. The first kappa shape index (κ1) is 24.3. The Morgan fingerprint density at radius 3 is 2.54 bits per heavy atom. The zero-order valence-electron chi connectivity index (χ0n) is 20.4. The predicted molar refractivity (Wildman–Crippen MR) is 133 cm³/mol. The van der Waals surface area contributed by atoms with Crippen LogP contribution >= 0.6 is 0 Å². The van der Waals surface area contributed by atoms with Gasteiger partial charge in [0.1, 0.15) is 0 Å². The Kier molecular flexibility index (Phi) is 7.05. The van der Waals surface area contributed by atoms with Gasteiger partial charge in [-0.15, -0.1) is 0 Å². The van der Waals surface area contributed by atoms with Gasteiger partial charge in [0.05, 0.1) is 19.1 Å². The van der Waals surface area contributed by atoms with Crippen LogP contribution in [0.1, 0.15) is 67.3 Å². The standard InChI is InChI=1S/C28H30N2O5/c1-5-33-25-15-18(8-13-23(25)35-27(32)24-7-6-14-34-24)17-29-30-26(31)22-16-21(22)19-9-11-20(12-10-19)28(2,3)4/h6-15,17,21-22H,5,16H2,1-4H3,(H,30,31)/b29-17+/t21-,22-/m1/s1. The van der Waals surface area contributed by atoms with E-state index in [9.17, 15) is 9.59 Å². The van der Waals surface area contributed by atoms with Crippen LogP contribution in [-0.4, -0.2) is 24.7 Å². The van der Waals surface area contributed by atoms with Gasteiger partial charge in [-0.2, -0.15) is 5.10 Å². The van der Waals surface area contributed by atoms with Crippen molar-refractivity contribution in [3.8, 4) is 11.5 Å². The lowest BCUT2D eigenvalue weighted by Crippen LogP contribution is -2.20. The summed E-state index contributed by atoms with van der Waals surface area (Å²) in [4.78, 5) is 24.7. The number of nitrogens with one attached hydrogen (secondary N) is 1. The molecule has 0 spiro atoms. The summed E-state index contributed by atoms with van der Waals surface area (Å²) in [6, 6.07) is 16.7. The van der Waals surface area contributed by atoms with Gasteiger partial charge in [-0.1, -0.05) is 45.0 Å². The second-order valence-corrected chi connectivity index (χ2v) is 9.56. The molecule has 1 N–H and O–H groups in total. The molecule has 3 aromatic rings. The number of nitrogens with zero attached hydrogens (tertiary/aromatic N) is 1. The average Bonchev–Trinajstić information content (AvgIpc) is 3.44. The van der Waals surface area contributed by atoms with Crippen LogP contribution < -0.4 is 14.9 Å². The molecule has 1 aliphatic rings. The van der Waals surface area contributed by atoms with Crippen molar-refractivity contribution in [2.45, 2.75) is 45.4 Å². The molecule has 2 atom stereocenters. The van der Waals surface area contributed by atoms with Crippen molar-refractivity contribution in [2.75, 3.05) is 6.61 Å². The van der Waals surface area contributed by atoms with E-state index in [4.69, 9.17) is 13.9 Å². The molecule has 0 unspecified atom stereocenters. The van der Waals surface area contributed by atoms with Gasteiger partial charge in [0.2, 0.25) is 11.7 Å². The number of furan rings is 1. The molecule has 1 heterocycles. The van der Waals surface area contributed by atoms with Gasteiger partial charge in [0.15, 0.2) is 11.5 Å². The van der Waals surface area contributed by atoms with E-state index in [1.807, 2.05) is 6.92 Å². The Balaban J connectivity index is 1.34. The minimum absolute atomic E-state index is 0.0741. The number of esters is 1. The van der Waals surface area contributed by atoms with Crippen molar-refractivity contribution >= 4 is 18.1 Å². The van der Waals surface area contributed by atoms with Crippen LogP contribution in [0.2, 0.25) is 0 Å². The highest BCUT2D eigenvalue weighted by atomic mass is 16.6. The SMILES string of the molecule is CCOc1cc(/C=N/NC(=O)[C@@H]2C[C@@H]2c2ccc(C(C)(C)C)cc2)ccc1OC(=O)c1ccco1. The Bertz CT molecular complexity index is 1210. The first-order chi connectivity index (χ1) is 16.8. The van der Waals surface area contributed by atoms with E-state index >= 15 is 0 Å². The van der Waals surface area contributed by atoms with Crippen molar-refractivity contribution < 1.29 is 23.5 Å². The molecular formula is C28H30N2O5. The third-order valence-electron chi connectivity index (χ3n) is 5.91. The largest absolute Gasteiger partial charge is 0.490 e. The van der Waals surface area contributed by atoms with Crippen molar-refractivity contribution in [1.29, 1.82) is 0 Å². The fourth-order valence-corrected chi connectivity index (χ4v) is 3.84. The monoisotopic (exact) mass is 474 g/mol. The zero-order valence-corrected chi connectivity index (χ0v) is 20.4. The Hall–Kier alpha value is -3.87. The number of carbonyl (C=O) groups excluding carboxylic acids is 2. The molecule has 7 heteroatoms. The van der Waals surface area contributed by atoms with E-state index in [1.54, 1.807) is 24.3 Å². The molecule has 4 rings (SSSR count). The molecule has 1 aromatic heterocycles. The first-order valence-corrected chi connectivity index (χ1v) is 11.7. The van der Waals surface area contributed by atoms with Gasteiger partial charge in [-0.3, -0.25) is 4.79 Å². The molecule has 1 saturated carbocycles. The lowest BCUT2D eigenvalue weighted by atomic mass is 9.86. The van der Waals surface area contributed by atoms with Gasteiger partial charge < -0.3 is 13.9 Å². The van der Waals surface area contributed by atoms with E-state index < -0.39 is 5.97 Å². The zero-order chi connectivity index (χ0) is 25.0. The second kappa shape index (κ2) is 10.2. The molecule has 1 aliphatic carbocycles. The van der Waals surface area contributed by atoms with Gasteiger partial charge >= 0.3 is 5.97 Å². The molecule has 0 bridgehead atoms. The smallest absolute Gasteiger partial charge is 0.379 e. The fourth-order valence-electron chi connectivity index (χ4n) is 3.84. The number of rotatable bonds is 8. The highest BCUT2D eigenvalue weighted by molar-refractivity contribution is 5.89. The summed E-state index contributed by atoms with van der Waals surface area (Å²) >= 11 is 0. The summed E-state index contributed by atoms with van der Waals surface area (Å²) in [7, 11) is 0. The Morgan fingerprint density at radius 1 is 1.11 bits per heavy atom. The Labute approximate surface area is 205 Å². The molecule has 1 fully saturated rings. The number of carbonyl (C=O) groups is 2. The summed E-state index contributed by atoms with van der Waals surface area (Å²) in [6.07, 6.45) is 3.76. The first-order valence-electron chi connectivity index (χ1n) is 11.7. The highest BCUT2D eigenvalue weighted by Crippen LogP contribution is 2.47. The maximum atomic E-state index is 12.5. The molecule has 0 aliphatic heterocycles. The number of hydrogen-bond acceptors (Lipinski definition) is 6. The van der Waals surface area contributed by atoms with Crippen LogP contribution in [0.15, 0.2) is 70.4 Å². The van der Waals surface area contributed by atoms with Crippen molar-refractivity contribution in [3.05, 3.63) is 83.3 Å². The third-order valence-corrected chi connectivity index (χ3v) is 5.91. The minimum Gasteiger partial charge on any atom is -0.490 e. The molecular weight excluding hydrogens is 444 g/mol. The molecule has 7 nitrogen and oxygen atoms in total. The Morgan fingerprint density at radius 2 is 1.89 bits per heavy atom. The number of hydrazone groups is 1. The van der Waals surface area contributed by atoms with E-state index in [2.05, 4.69) is 55.6 Å². The van der Waals surface area contributed by atoms with Gasteiger partial charge in [0.25, 0.3) is 0 Å². The van der Waals surface area contributed by atoms with Gasteiger partial charge in [-0.05, 0) is 71.7 Å². The van der Waals surface area contributed by atoms with Crippen LogP contribution in [0.4, 0.5) is 0 Å². The summed E-state index contributed by atoms with van der Waals surface area (Å²) in [5.74, 6) is 0.208. The average molecular weight is 475 g/mol. The molecule has 2 aromatic carbocycles. The van der Waals surface area contributed by atoms with Crippen LogP contribution in [-0.2, 0) is 10.2 Å². The molecule has 0 saturated heterocycles. The summed E-state index contributed by atoms with van der Waals surface area (Å²) in [5, 5.41) is 4.11. The van der Waals surface area contributed by atoms with Gasteiger partial charge in [-0.25, -0.2) is 10.2 Å². The van der Waals surface area contributed by atoms with Crippen molar-refractivity contribution in [2.24, 2.45) is 11.0 Å². The van der Waals surface area contributed by atoms with Crippen LogP contribution in [0.25, 0.3) is 0 Å². The lowest BCUT2D eigenvalue weighted by Gasteiger charge is -2.19. The topological polar surface area (TPSA) is 90.1 Å². The lowest BCUT2D eigenvalue weighted by molar-refractivity contribution is -0.122. The summed E-state index contributed by atoms with van der Waals surface area (Å²) in [6.45, 7) is 8.79. The summed E-state index contributed by atoms with van der Waals surface area (Å²) < 4.78 is 16.1. The van der Waals surface area contributed by atoms with E-state index in [1.165, 1.54) is 29.7 Å². The maximum absolute atomic E-state index is 12.5. The molecule has 0 radical (unpaired) electrons. The van der Waals surface area contributed by atoms with E-state index in [0.29, 0.717) is 17.9 Å². The van der Waals surface area contributed by atoms with Crippen LogP contribution in [0, 0.1) is 5.92 Å². The molecule has 182 valence electrons. The normalized spacial score (nSPS) is 17.3. The predicted octanol–water partition coefficient (Wildman–Crippen LogP) is 5.45. The highest BCUT2D eigenvalue weighted by Gasteiger charge is 2.44. The molecule has 1 amide bonds. The number of benzene rings is 2. The summed E-state index contributed by atoms with van der Waals surface area (Å²) in [5.41, 5.74) is 5.90. The minimum atomic E-state index is -0.614. The van der Waals surface area contributed by atoms with E-state index in [-0.39, 0.29) is 34.7 Å². The van der Waals surface area contributed by atoms with Crippen molar-refractivity contribution in [3.63, 3.8) is 0 Å². The second-order valence-electron chi connectivity index (χ2n) is 9.56. The quantitative estimate of drug-likeness (QED) is 0.203. The molecule has 35 heavy (non-hydrogen) atoms. The number of hydrogen-bond donors (Lipinski definition) is 1. The third kappa shape index (κ3) is 5.98. The van der Waals surface area contributed by atoms with Crippen molar-refractivity contribution in [1.82, 2.24) is 5.43 Å². The van der Waals surface area contributed by atoms with Crippen LogP contribution in [0.5, 0.6) is 11.5 Å². The fraction of sp³-hybridized carbons (Fsp3) is 0.321. The number of amides is 1. The van der Waals surface area contributed by atoms with Gasteiger partial charge in [0, 0.05) is 5.92 Å².